The second-order valence-electron chi connectivity index (χ2n) is 2.98. The second-order valence-corrected chi connectivity index (χ2v) is 4.63. The molecule has 1 aromatic rings. The Kier molecular flexibility index (Phi) is 4.70. The van der Waals surface area contributed by atoms with Gasteiger partial charge >= 0.3 is 0 Å². The van der Waals surface area contributed by atoms with Crippen molar-refractivity contribution in [3.8, 4) is 0 Å². The zero-order chi connectivity index (χ0) is 8.81. The van der Waals surface area contributed by atoms with E-state index in [4.69, 9.17) is 11.6 Å². The zero-order valence-corrected chi connectivity index (χ0v) is 9.00. The van der Waals surface area contributed by atoms with E-state index in [1.54, 1.807) is 0 Å². The molecule has 0 aliphatic heterocycles. The maximum absolute atomic E-state index is 6.01. The van der Waals surface area contributed by atoms with Crippen molar-refractivity contribution in [1.29, 1.82) is 0 Å². The fraction of sp³-hybridized carbons (Fsp3) is 0.600. The van der Waals surface area contributed by atoms with E-state index in [1.807, 2.05) is 11.3 Å². The van der Waals surface area contributed by atoms with Gasteiger partial charge in [-0.05, 0) is 37.1 Å². The summed E-state index contributed by atoms with van der Waals surface area (Å²) in [7, 11) is 0. The molecular weight excluding hydrogens is 188 g/mol. The minimum atomic E-state index is 0.380. The standard InChI is InChI=1S/C10H15ClS/c1-2-9(11)5-3-6-10-7-4-8-12-10/h4,7-9H,2-3,5-6H2,1H3. The molecule has 12 heavy (non-hydrogen) atoms. The number of hydrogen-bond donors (Lipinski definition) is 0. The summed E-state index contributed by atoms with van der Waals surface area (Å²) in [6.07, 6.45) is 4.66. The molecule has 0 saturated heterocycles. The van der Waals surface area contributed by atoms with Crippen molar-refractivity contribution in [2.24, 2.45) is 0 Å². The lowest BCUT2D eigenvalue weighted by molar-refractivity contribution is 0.678. The van der Waals surface area contributed by atoms with Gasteiger partial charge < -0.3 is 0 Å². The normalized spacial score (nSPS) is 13.2. The Morgan fingerprint density at radius 3 is 3.00 bits per heavy atom. The highest BCUT2D eigenvalue weighted by Crippen LogP contribution is 2.15. The summed E-state index contributed by atoms with van der Waals surface area (Å²) < 4.78 is 0. The van der Waals surface area contributed by atoms with Crippen molar-refractivity contribution in [3.05, 3.63) is 22.4 Å². The first kappa shape index (κ1) is 10.1. The quantitative estimate of drug-likeness (QED) is 0.631. The summed E-state index contributed by atoms with van der Waals surface area (Å²) in [5.41, 5.74) is 0. The van der Waals surface area contributed by atoms with Crippen LogP contribution >= 0.6 is 22.9 Å². The number of hydrogen-bond acceptors (Lipinski definition) is 1. The zero-order valence-electron chi connectivity index (χ0n) is 7.42. The molecule has 0 spiro atoms. The molecule has 0 fully saturated rings. The fourth-order valence-electron chi connectivity index (χ4n) is 1.16. The van der Waals surface area contributed by atoms with Crippen LogP contribution in [0.1, 0.15) is 31.1 Å². The van der Waals surface area contributed by atoms with Gasteiger partial charge in [0.1, 0.15) is 0 Å². The third-order valence-electron chi connectivity index (χ3n) is 1.96. The molecular formula is C10H15ClS. The maximum Gasteiger partial charge on any atom is 0.0333 e. The van der Waals surface area contributed by atoms with Gasteiger partial charge in [0.05, 0.1) is 0 Å². The minimum Gasteiger partial charge on any atom is -0.149 e. The average molecular weight is 203 g/mol. The summed E-state index contributed by atoms with van der Waals surface area (Å²) >= 11 is 7.85. The van der Waals surface area contributed by atoms with E-state index < -0.39 is 0 Å². The van der Waals surface area contributed by atoms with Crippen molar-refractivity contribution >= 4 is 22.9 Å². The molecule has 1 aromatic heterocycles. The van der Waals surface area contributed by atoms with Crippen molar-refractivity contribution in [3.63, 3.8) is 0 Å². The van der Waals surface area contributed by atoms with Crippen molar-refractivity contribution in [2.75, 3.05) is 0 Å². The molecule has 0 N–H and O–H groups in total. The van der Waals surface area contributed by atoms with Crippen LogP contribution in [0.2, 0.25) is 0 Å². The van der Waals surface area contributed by atoms with Gasteiger partial charge in [0.25, 0.3) is 0 Å². The molecule has 0 radical (unpaired) electrons. The molecule has 0 amide bonds. The van der Waals surface area contributed by atoms with Crippen LogP contribution in [-0.4, -0.2) is 5.38 Å². The van der Waals surface area contributed by atoms with E-state index in [9.17, 15) is 0 Å². The Bertz CT molecular complexity index is 194. The molecule has 0 aliphatic carbocycles. The van der Waals surface area contributed by atoms with Crippen molar-refractivity contribution in [1.82, 2.24) is 0 Å². The van der Waals surface area contributed by atoms with Crippen LogP contribution in [-0.2, 0) is 6.42 Å². The molecule has 1 unspecified atom stereocenters. The van der Waals surface area contributed by atoms with E-state index in [1.165, 1.54) is 17.7 Å². The average Bonchev–Trinajstić information content (AvgIpc) is 2.57. The van der Waals surface area contributed by atoms with Gasteiger partial charge in [0, 0.05) is 10.3 Å². The van der Waals surface area contributed by atoms with E-state index in [2.05, 4.69) is 24.4 Å². The SMILES string of the molecule is CCC(Cl)CCCc1cccs1. The van der Waals surface area contributed by atoms with Crippen LogP contribution in [0.3, 0.4) is 0 Å². The van der Waals surface area contributed by atoms with Gasteiger partial charge in [0.15, 0.2) is 0 Å². The monoisotopic (exact) mass is 202 g/mol. The Balaban J connectivity index is 2.11. The molecule has 0 saturated carbocycles. The first-order chi connectivity index (χ1) is 5.83. The molecule has 68 valence electrons. The highest BCUT2D eigenvalue weighted by Gasteiger charge is 2.01. The molecule has 0 aromatic carbocycles. The molecule has 1 atom stereocenters. The Labute approximate surface area is 83.6 Å². The fourth-order valence-corrected chi connectivity index (χ4v) is 2.06. The number of thiophene rings is 1. The number of halogens is 1. The highest BCUT2D eigenvalue weighted by molar-refractivity contribution is 7.09. The van der Waals surface area contributed by atoms with Gasteiger partial charge in [-0.2, -0.15) is 0 Å². The van der Waals surface area contributed by atoms with E-state index in [-0.39, 0.29) is 0 Å². The van der Waals surface area contributed by atoms with Crippen LogP contribution in [0.25, 0.3) is 0 Å². The van der Waals surface area contributed by atoms with Crippen LogP contribution in [0.15, 0.2) is 17.5 Å². The van der Waals surface area contributed by atoms with E-state index in [0.29, 0.717) is 5.38 Å². The van der Waals surface area contributed by atoms with Crippen LogP contribution < -0.4 is 0 Å². The second kappa shape index (κ2) is 5.60. The van der Waals surface area contributed by atoms with Crippen LogP contribution in [0, 0.1) is 0 Å². The third kappa shape index (κ3) is 3.59. The van der Waals surface area contributed by atoms with Crippen LogP contribution in [0.5, 0.6) is 0 Å². The third-order valence-corrected chi connectivity index (χ3v) is 3.43. The smallest absolute Gasteiger partial charge is 0.0333 e. The number of alkyl halides is 1. The summed E-state index contributed by atoms with van der Waals surface area (Å²) in [6.45, 7) is 2.14. The lowest BCUT2D eigenvalue weighted by atomic mass is 10.1. The topological polar surface area (TPSA) is 0 Å². The predicted molar refractivity (Wildman–Crippen MR) is 57.2 cm³/mol. The molecule has 0 bridgehead atoms. The summed E-state index contributed by atoms with van der Waals surface area (Å²) in [5.74, 6) is 0. The summed E-state index contributed by atoms with van der Waals surface area (Å²) in [4.78, 5) is 1.48. The maximum atomic E-state index is 6.01. The Morgan fingerprint density at radius 2 is 2.42 bits per heavy atom. The first-order valence-corrected chi connectivity index (χ1v) is 5.81. The van der Waals surface area contributed by atoms with Crippen molar-refractivity contribution < 1.29 is 0 Å². The van der Waals surface area contributed by atoms with Gasteiger partial charge in [-0.1, -0.05) is 13.0 Å². The minimum absolute atomic E-state index is 0.380. The molecule has 0 aliphatic rings. The summed E-state index contributed by atoms with van der Waals surface area (Å²) in [5, 5.41) is 2.51. The Morgan fingerprint density at radius 1 is 1.58 bits per heavy atom. The Hall–Kier alpha value is -0.0100. The first-order valence-electron chi connectivity index (χ1n) is 4.49. The largest absolute Gasteiger partial charge is 0.149 e. The lowest BCUT2D eigenvalue weighted by Crippen LogP contribution is -1.96. The van der Waals surface area contributed by atoms with Gasteiger partial charge in [-0.25, -0.2) is 0 Å². The predicted octanol–water partition coefficient (Wildman–Crippen LogP) is 4.09. The molecule has 1 rings (SSSR count). The number of rotatable bonds is 5. The van der Waals surface area contributed by atoms with Gasteiger partial charge in [-0.3, -0.25) is 0 Å². The highest BCUT2D eigenvalue weighted by atomic mass is 35.5. The summed E-state index contributed by atoms with van der Waals surface area (Å²) in [6, 6.07) is 4.30. The van der Waals surface area contributed by atoms with E-state index >= 15 is 0 Å². The lowest BCUT2D eigenvalue weighted by Gasteiger charge is -2.03. The molecule has 0 nitrogen and oxygen atoms in total. The van der Waals surface area contributed by atoms with E-state index in [0.717, 1.165) is 12.8 Å². The number of aryl methyl sites for hydroxylation is 1. The van der Waals surface area contributed by atoms with Crippen LogP contribution in [0.4, 0.5) is 0 Å². The van der Waals surface area contributed by atoms with Gasteiger partial charge in [-0.15, -0.1) is 22.9 Å². The molecule has 1 heterocycles. The van der Waals surface area contributed by atoms with Gasteiger partial charge in [0.2, 0.25) is 0 Å². The molecule has 2 heteroatoms. The van der Waals surface area contributed by atoms with Crippen molar-refractivity contribution in [2.45, 2.75) is 38.0 Å².